The van der Waals surface area contributed by atoms with Crippen LogP contribution in [0.4, 0.5) is 5.82 Å². The van der Waals surface area contributed by atoms with Crippen LogP contribution in [0.15, 0.2) is 54.6 Å². The fourth-order valence-electron chi connectivity index (χ4n) is 4.21. The fraction of sp³-hybridized carbons (Fsp3) is 0.304. The lowest BCUT2D eigenvalue weighted by molar-refractivity contribution is -0.119. The van der Waals surface area contributed by atoms with Crippen LogP contribution in [0.3, 0.4) is 0 Å². The number of carbonyl (C=O) groups excluding carboxylic acids is 1. The highest BCUT2D eigenvalue weighted by Gasteiger charge is 2.29. The first-order valence-corrected chi connectivity index (χ1v) is 10.1. The Hall–Kier alpha value is -3.12. The first kappa shape index (κ1) is 17.9. The number of para-hydroxylation sites is 1. The Morgan fingerprint density at radius 2 is 2.10 bits per heavy atom. The van der Waals surface area contributed by atoms with E-state index in [1.165, 1.54) is 11.1 Å². The smallest absolute Gasteiger partial charge is 0.230 e. The van der Waals surface area contributed by atoms with Crippen molar-refractivity contribution in [2.45, 2.75) is 19.4 Å². The number of ether oxygens (including phenoxy) is 1. The van der Waals surface area contributed by atoms with Gasteiger partial charge >= 0.3 is 0 Å². The zero-order chi connectivity index (χ0) is 19.6. The summed E-state index contributed by atoms with van der Waals surface area (Å²) in [6, 6.07) is 18.4. The van der Waals surface area contributed by atoms with E-state index in [0.29, 0.717) is 12.4 Å². The van der Waals surface area contributed by atoms with Gasteiger partial charge in [-0.25, -0.2) is 0 Å². The van der Waals surface area contributed by atoms with Gasteiger partial charge in [-0.2, -0.15) is 5.10 Å². The fourth-order valence-corrected chi connectivity index (χ4v) is 4.21. The van der Waals surface area contributed by atoms with E-state index in [0.717, 1.165) is 49.5 Å². The molecule has 5 rings (SSSR count). The molecule has 0 radical (unpaired) electrons. The van der Waals surface area contributed by atoms with Gasteiger partial charge in [0.2, 0.25) is 5.91 Å². The molecule has 29 heavy (non-hydrogen) atoms. The lowest BCUT2D eigenvalue weighted by atomic mass is 10.1. The molecule has 3 aromatic rings. The Labute approximate surface area is 169 Å². The van der Waals surface area contributed by atoms with Crippen LogP contribution in [-0.2, 0) is 17.8 Å². The Balaban J connectivity index is 1.22. The largest absolute Gasteiger partial charge is 0.492 e. The van der Waals surface area contributed by atoms with Gasteiger partial charge in [-0.15, -0.1) is 0 Å². The van der Waals surface area contributed by atoms with Gasteiger partial charge in [-0.1, -0.05) is 42.5 Å². The van der Waals surface area contributed by atoms with Gasteiger partial charge in [0.15, 0.2) is 5.82 Å². The van der Waals surface area contributed by atoms with Gasteiger partial charge in [0, 0.05) is 31.1 Å². The van der Waals surface area contributed by atoms with Crippen molar-refractivity contribution < 1.29 is 9.53 Å². The second kappa shape index (κ2) is 7.72. The molecular weight excluding hydrogens is 364 g/mol. The standard InChI is InChI=1S/C23H24N4O2/c28-23(18-9-11-27(15-18)14-16-5-2-1-3-6-16)24-21-13-20(25-26-21)19-8-4-7-17-10-12-29-22(17)19/h1-8,13,18H,9-12,14-15H2,(H2,24,25,26,28). The minimum absolute atomic E-state index is 0.0110. The molecule has 1 saturated heterocycles. The number of rotatable bonds is 5. The number of fused-ring (bicyclic) bond motifs is 1. The third-order valence-corrected chi connectivity index (χ3v) is 5.73. The molecule has 1 unspecified atom stereocenters. The van der Waals surface area contributed by atoms with E-state index in [1.54, 1.807) is 0 Å². The number of aromatic amines is 1. The van der Waals surface area contributed by atoms with Crippen molar-refractivity contribution in [3.8, 4) is 17.0 Å². The molecule has 148 valence electrons. The second-order valence-electron chi connectivity index (χ2n) is 7.75. The highest BCUT2D eigenvalue weighted by Crippen LogP contribution is 2.36. The first-order valence-electron chi connectivity index (χ1n) is 10.1. The predicted molar refractivity (Wildman–Crippen MR) is 112 cm³/mol. The summed E-state index contributed by atoms with van der Waals surface area (Å²) < 4.78 is 5.78. The molecule has 0 bridgehead atoms. The summed E-state index contributed by atoms with van der Waals surface area (Å²) in [5.41, 5.74) is 4.34. The molecule has 2 aliphatic rings. The summed E-state index contributed by atoms with van der Waals surface area (Å²) in [5.74, 6) is 1.50. The summed E-state index contributed by atoms with van der Waals surface area (Å²) in [4.78, 5) is 15.1. The van der Waals surface area contributed by atoms with E-state index in [1.807, 2.05) is 24.3 Å². The molecule has 1 amide bonds. The topological polar surface area (TPSA) is 70.2 Å². The summed E-state index contributed by atoms with van der Waals surface area (Å²) in [6.07, 6.45) is 1.80. The third-order valence-electron chi connectivity index (χ3n) is 5.73. The summed E-state index contributed by atoms with van der Waals surface area (Å²) in [6.45, 7) is 3.31. The van der Waals surface area contributed by atoms with Crippen molar-refractivity contribution in [3.05, 3.63) is 65.7 Å². The number of hydrogen-bond donors (Lipinski definition) is 2. The number of hydrogen-bond acceptors (Lipinski definition) is 4. The van der Waals surface area contributed by atoms with Crippen LogP contribution in [0.2, 0.25) is 0 Å². The summed E-state index contributed by atoms with van der Waals surface area (Å²) in [5, 5.41) is 10.3. The van der Waals surface area contributed by atoms with Crippen LogP contribution in [0.1, 0.15) is 17.5 Å². The van der Waals surface area contributed by atoms with Gasteiger partial charge in [0.25, 0.3) is 0 Å². The molecule has 1 fully saturated rings. The molecule has 6 nitrogen and oxygen atoms in total. The van der Waals surface area contributed by atoms with E-state index in [9.17, 15) is 4.79 Å². The van der Waals surface area contributed by atoms with Crippen LogP contribution in [0.25, 0.3) is 11.3 Å². The maximum Gasteiger partial charge on any atom is 0.230 e. The summed E-state index contributed by atoms with van der Waals surface area (Å²) >= 11 is 0. The number of aromatic nitrogens is 2. The van der Waals surface area contributed by atoms with Crippen molar-refractivity contribution >= 4 is 11.7 Å². The predicted octanol–water partition coefficient (Wildman–Crippen LogP) is 3.47. The van der Waals surface area contributed by atoms with Crippen LogP contribution < -0.4 is 10.1 Å². The van der Waals surface area contributed by atoms with E-state index >= 15 is 0 Å². The number of carbonyl (C=O) groups is 1. The van der Waals surface area contributed by atoms with Crippen molar-refractivity contribution in [1.29, 1.82) is 0 Å². The molecule has 1 aromatic heterocycles. The van der Waals surface area contributed by atoms with Gasteiger partial charge in [-0.05, 0) is 30.2 Å². The van der Waals surface area contributed by atoms with Crippen molar-refractivity contribution in [3.63, 3.8) is 0 Å². The van der Waals surface area contributed by atoms with Gasteiger partial charge < -0.3 is 10.1 Å². The molecule has 2 aliphatic heterocycles. The highest BCUT2D eigenvalue weighted by molar-refractivity contribution is 5.92. The first-order chi connectivity index (χ1) is 14.3. The Morgan fingerprint density at radius 3 is 3.00 bits per heavy atom. The molecule has 0 aliphatic carbocycles. The maximum absolute atomic E-state index is 12.7. The second-order valence-corrected chi connectivity index (χ2v) is 7.75. The Morgan fingerprint density at radius 1 is 1.21 bits per heavy atom. The van der Waals surface area contributed by atoms with Crippen molar-refractivity contribution in [2.75, 3.05) is 25.0 Å². The Kier molecular flexibility index (Phi) is 4.77. The lowest BCUT2D eigenvalue weighted by Crippen LogP contribution is -2.27. The normalized spacial score (nSPS) is 18.4. The highest BCUT2D eigenvalue weighted by atomic mass is 16.5. The minimum atomic E-state index is -0.0110. The zero-order valence-corrected chi connectivity index (χ0v) is 16.2. The van der Waals surface area contributed by atoms with Crippen LogP contribution in [0.5, 0.6) is 5.75 Å². The minimum Gasteiger partial charge on any atom is -0.492 e. The van der Waals surface area contributed by atoms with E-state index < -0.39 is 0 Å². The molecule has 2 N–H and O–H groups in total. The van der Waals surface area contributed by atoms with Gasteiger partial charge in [0.05, 0.1) is 18.2 Å². The molecular formula is C23H24N4O2. The number of benzene rings is 2. The molecule has 0 spiro atoms. The van der Waals surface area contributed by atoms with Gasteiger partial charge in [0.1, 0.15) is 5.75 Å². The van der Waals surface area contributed by atoms with Crippen LogP contribution >= 0.6 is 0 Å². The number of nitrogens with one attached hydrogen (secondary N) is 2. The van der Waals surface area contributed by atoms with E-state index in [-0.39, 0.29) is 11.8 Å². The number of amides is 1. The average Bonchev–Trinajstić information content (AvgIpc) is 3.49. The third kappa shape index (κ3) is 3.76. The lowest BCUT2D eigenvalue weighted by Gasteiger charge is -2.15. The van der Waals surface area contributed by atoms with E-state index in [2.05, 4.69) is 50.7 Å². The number of likely N-dealkylation sites (tertiary alicyclic amines) is 1. The van der Waals surface area contributed by atoms with Gasteiger partial charge in [-0.3, -0.25) is 14.8 Å². The molecule has 3 heterocycles. The van der Waals surface area contributed by atoms with Crippen LogP contribution in [0, 0.1) is 5.92 Å². The number of H-pyrrole nitrogens is 1. The maximum atomic E-state index is 12.7. The van der Waals surface area contributed by atoms with Crippen molar-refractivity contribution in [2.24, 2.45) is 5.92 Å². The number of nitrogens with zero attached hydrogens (tertiary/aromatic N) is 2. The average molecular weight is 388 g/mol. The monoisotopic (exact) mass is 388 g/mol. The molecule has 2 aromatic carbocycles. The van der Waals surface area contributed by atoms with Crippen molar-refractivity contribution in [1.82, 2.24) is 15.1 Å². The van der Waals surface area contributed by atoms with E-state index in [4.69, 9.17) is 4.74 Å². The number of anilines is 1. The Bertz CT molecular complexity index is 1010. The molecule has 6 heteroatoms. The summed E-state index contributed by atoms with van der Waals surface area (Å²) in [7, 11) is 0. The molecule has 0 saturated carbocycles. The molecule has 1 atom stereocenters. The SMILES string of the molecule is O=C(Nc1cc(-c2cccc3c2OCC3)[nH]n1)C1CCN(Cc2ccccc2)C1. The zero-order valence-electron chi connectivity index (χ0n) is 16.2. The van der Waals surface area contributed by atoms with Crippen LogP contribution in [-0.4, -0.2) is 40.7 Å². The quantitative estimate of drug-likeness (QED) is 0.702.